The fourth-order valence-electron chi connectivity index (χ4n) is 2.19. The highest BCUT2D eigenvalue weighted by Gasteiger charge is 2.24. The predicted molar refractivity (Wildman–Crippen MR) is 54.7 cm³/mol. The number of amides is 1. The van der Waals surface area contributed by atoms with E-state index in [1.54, 1.807) is 6.20 Å². The predicted octanol–water partition coefficient (Wildman–Crippen LogP) is 1.70. The van der Waals surface area contributed by atoms with E-state index < -0.39 is 6.09 Å². The largest absolute Gasteiger partial charge is 0.465 e. The van der Waals surface area contributed by atoms with Crippen LogP contribution in [0, 0.1) is 0 Å². The molecule has 0 aliphatic heterocycles. The SMILES string of the molecule is O=C(O)NC1CCC(c2ncc[nH]2)CC1. The van der Waals surface area contributed by atoms with Crippen molar-refractivity contribution in [1.29, 1.82) is 0 Å². The van der Waals surface area contributed by atoms with E-state index in [0.717, 1.165) is 31.5 Å². The number of H-pyrrole nitrogens is 1. The lowest BCUT2D eigenvalue weighted by Crippen LogP contribution is -2.36. The molecule has 1 heterocycles. The van der Waals surface area contributed by atoms with Crippen molar-refractivity contribution < 1.29 is 9.90 Å². The zero-order valence-corrected chi connectivity index (χ0v) is 8.44. The summed E-state index contributed by atoms with van der Waals surface area (Å²) in [5, 5.41) is 11.1. The van der Waals surface area contributed by atoms with Crippen LogP contribution in [0.2, 0.25) is 0 Å². The molecule has 0 aromatic carbocycles. The van der Waals surface area contributed by atoms with Gasteiger partial charge in [-0.3, -0.25) is 0 Å². The Hall–Kier alpha value is -1.52. The van der Waals surface area contributed by atoms with Crippen molar-refractivity contribution in [2.24, 2.45) is 0 Å². The monoisotopic (exact) mass is 209 g/mol. The van der Waals surface area contributed by atoms with Crippen molar-refractivity contribution in [2.45, 2.75) is 37.6 Å². The number of carbonyl (C=O) groups is 1. The molecule has 5 heteroatoms. The van der Waals surface area contributed by atoms with Gasteiger partial charge in [-0.15, -0.1) is 0 Å². The first-order valence-corrected chi connectivity index (χ1v) is 5.24. The Balaban J connectivity index is 1.84. The van der Waals surface area contributed by atoms with Crippen LogP contribution in [0.1, 0.15) is 37.4 Å². The molecule has 82 valence electrons. The molecule has 0 bridgehead atoms. The summed E-state index contributed by atoms with van der Waals surface area (Å²) in [6.07, 6.45) is 6.47. The van der Waals surface area contributed by atoms with Gasteiger partial charge in [-0.1, -0.05) is 0 Å². The van der Waals surface area contributed by atoms with Gasteiger partial charge in [0, 0.05) is 24.4 Å². The number of nitrogens with zero attached hydrogens (tertiary/aromatic N) is 1. The molecule has 2 rings (SSSR count). The molecule has 3 N–H and O–H groups in total. The molecule has 1 aromatic rings. The Morgan fingerprint density at radius 1 is 1.47 bits per heavy atom. The lowest BCUT2D eigenvalue weighted by molar-refractivity contribution is 0.184. The second kappa shape index (κ2) is 4.33. The third-order valence-corrected chi connectivity index (χ3v) is 2.96. The van der Waals surface area contributed by atoms with Crippen LogP contribution in [-0.2, 0) is 0 Å². The van der Waals surface area contributed by atoms with Gasteiger partial charge in [-0.25, -0.2) is 9.78 Å². The Morgan fingerprint density at radius 3 is 2.73 bits per heavy atom. The maximum Gasteiger partial charge on any atom is 0.404 e. The lowest BCUT2D eigenvalue weighted by atomic mass is 9.85. The summed E-state index contributed by atoms with van der Waals surface area (Å²) in [6, 6.07) is 0.119. The van der Waals surface area contributed by atoms with Crippen molar-refractivity contribution >= 4 is 6.09 Å². The quantitative estimate of drug-likeness (QED) is 0.693. The molecule has 1 aliphatic carbocycles. The number of hydrogen-bond donors (Lipinski definition) is 3. The third-order valence-electron chi connectivity index (χ3n) is 2.96. The summed E-state index contributed by atoms with van der Waals surface area (Å²) in [4.78, 5) is 17.8. The summed E-state index contributed by atoms with van der Waals surface area (Å²) < 4.78 is 0. The number of carboxylic acid groups (broad SMARTS) is 1. The summed E-state index contributed by atoms with van der Waals surface area (Å²) in [7, 11) is 0. The van der Waals surface area contributed by atoms with Crippen LogP contribution in [0.5, 0.6) is 0 Å². The van der Waals surface area contributed by atoms with E-state index in [4.69, 9.17) is 5.11 Å². The van der Waals surface area contributed by atoms with Gasteiger partial charge < -0.3 is 15.4 Å². The molecule has 0 spiro atoms. The van der Waals surface area contributed by atoms with Gasteiger partial charge in [0.05, 0.1) is 0 Å². The molecule has 1 aliphatic rings. The van der Waals surface area contributed by atoms with E-state index in [1.807, 2.05) is 6.20 Å². The fourth-order valence-corrected chi connectivity index (χ4v) is 2.19. The fraction of sp³-hybridized carbons (Fsp3) is 0.600. The summed E-state index contributed by atoms with van der Waals surface area (Å²) in [5.74, 6) is 1.50. The average Bonchev–Trinajstić information content (AvgIpc) is 2.71. The van der Waals surface area contributed by atoms with Crippen molar-refractivity contribution in [1.82, 2.24) is 15.3 Å². The molecular weight excluding hydrogens is 194 g/mol. The van der Waals surface area contributed by atoms with Crippen molar-refractivity contribution in [3.8, 4) is 0 Å². The highest BCUT2D eigenvalue weighted by molar-refractivity contribution is 5.64. The zero-order chi connectivity index (χ0) is 10.7. The lowest BCUT2D eigenvalue weighted by Gasteiger charge is -2.27. The van der Waals surface area contributed by atoms with Gasteiger partial charge in [-0.05, 0) is 25.7 Å². The Morgan fingerprint density at radius 2 is 2.20 bits per heavy atom. The number of aromatic amines is 1. The molecule has 15 heavy (non-hydrogen) atoms. The minimum Gasteiger partial charge on any atom is -0.465 e. The van der Waals surface area contributed by atoms with Crippen molar-refractivity contribution in [3.63, 3.8) is 0 Å². The molecule has 5 nitrogen and oxygen atoms in total. The van der Waals surface area contributed by atoms with Gasteiger partial charge >= 0.3 is 6.09 Å². The van der Waals surface area contributed by atoms with E-state index in [0.29, 0.717) is 5.92 Å². The second-order valence-electron chi connectivity index (χ2n) is 3.97. The van der Waals surface area contributed by atoms with Gasteiger partial charge in [-0.2, -0.15) is 0 Å². The number of nitrogens with one attached hydrogen (secondary N) is 2. The molecule has 1 amide bonds. The summed E-state index contributed by atoms with van der Waals surface area (Å²) >= 11 is 0. The highest BCUT2D eigenvalue weighted by Crippen LogP contribution is 2.30. The van der Waals surface area contributed by atoms with Crippen LogP contribution in [-0.4, -0.2) is 27.2 Å². The number of aromatic nitrogens is 2. The van der Waals surface area contributed by atoms with Crippen LogP contribution in [0.15, 0.2) is 12.4 Å². The first-order valence-electron chi connectivity index (χ1n) is 5.24. The van der Waals surface area contributed by atoms with Gasteiger partial charge in [0.25, 0.3) is 0 Å². The van der Waals surface area contributed by atoms with Crippen LogP contribution in [0.25, 0.3) is 0 Å². The minimum absolute atomic E-state index is 0.119. The summed E-state index contributed by atoms with van der Waals surface area (Å²) in [5.41, 5.74) is 0. The molecule has 1 fully saturated rings. The number of imidazole rings is 1. The first kappa shape index (κ1) is 10.0. The van der Waals surface area contributed by atoms with E-state index in [2.05, 4.69) is 15.3 Å². The standard InChI is InChI=1S/C10H15N3O2/c14-10(15)13-8-3-1-7(2-4-8)9-11-5-6-12-9/h5-8,13H,1-4H2,(H,11,12)(H,14,15). The molecule has 0 unspecified atom stereocenters. The number of rotatable bonds is 2. The van der Waals surface area contributed by atoms with Gasteiger partial charge in [0.1, 0.15) is 5.82 Å². The molecule has 1 saturated carbocycles. The maximum absolute atomic E-state index is 10.4. The maximum atomic E-state index is 10.4. The second-order valence-corrected chi connectivity index (χ2v) is 3.97. The number of hydrogen-bond acceptors (Lipinski definition) is 2. The molecule has 0 radical (unpaired) electrons. The first-order chi connectivity index (χ1) is 7.25. The molecule has 0 atom stereocenters. The smallest absolute Gasteiger partial charge is 0.404 e. The molecule has 0 saturated heterocycles. The Bertz CT molecular complexity index is 315. The Kier molecular flexibility index (Phi) is 2.89. The van der Waals surface area contributed by atoms with Crippen LogP contribution < -0.4 is 5.32 Å². The highest BCUT2D eigenvalue weighted by atomic mass is 16.4. The van der Waals surface area contributed by atoms with Crippen molar-refractivity contribution in [2.75, 3.05) is 0 Å². The van der Waals surface area contributed by atoms with Crippen molar-refractivity contribution in [3.05, 3.63) is 18.2 Å². The van der Waals surface area contributed by atoms with Gasteiger partial charge in [0.15, 0.2) is 0 Å². The van der Waals surface area contributed by atoms with E-state index in [9.17, 15) is 4.79 Å². The normalized spacial score (nSPS) is 26.1. The van der Waals surface area contributed by atoms with E-state index >= 15 is 0 Å². The van der Waals surface area contributed by atoms with E-state index in [1.165, 1.54) is 0 Å². The van der Waals surface area contributed by atoms with Crippen LogP contribution in [0.4, 0.5) is 4.79 Å². The molecule has 1 aromatic heterocycles. The van der Waals surface area contributed by atoms with Gasteiger partial charge in [0.2, 0.25) is 0 Å². The topological polar surface area (TPSA) is 78.0 Å². The Labute approximate surface area is 87.9 Å². The average molecular weight is 209 g/mol. The van der Waals surface area contributed by atoms with E-state index in [-0.39, 0.29) is 6.04 Å². The van der Waals surface area contributed by atoms with Crippen LogP contribution in [0.3, 0.4) is 0 Å². The third kappa shape index (κ3) is 2.49. The summed E-state index contributed by atoms with van der Waals surface area (Å²) in [6.45, 7) is 0. The molecular formula is C10H15N3O2. The van der Waals surface area contributed by atoms with Crippen LogP contribution >= 0.6 is 0 Å². The zero-order valence-electron chi connectivity index (χ0n) is 8.44. The minimum atomic E-state index is -0.920.